The number of amides is 1. The zero-order valence-electron chi connectivity index (χ0n) is 19.3. The minimum absolute atomic E-state index is 0.258. The van der Waals surface area contributed by atoms with Crippen molar-refractivity contribution in [1.82, 2.24) is 20.2 Å². The highest BCUT2D eigenvalue weighted by Gasteiger charge is 2.13. The van der Waals surface area contributed by atoms with Gasteiger partial charge in [-0.15, -0.1) is 0 Å². The van der Waals surface area contributed by atoms with Gasteiger partial charge in [0.25, 0.3) is 5.91 Å². The molecule has 0 bridgehead atoms. The molecule has 3 heterocycles. The number of rotatable bonds is 9. The number of aromatic amines is 1. The van der Waals surface area contributed by atoms with Gasteiger partial charge in [0.1, 0.15) is 18.2 Å². The Morgan fingerprint density at radius 1 is 1.09 bits per heavy atom. The van der Waals surface area contributed by atoms with Gasteiger partial charge >= 0.3 is 0 Å². The number of H-pyrrole nitrogens is 1. The standard InChI is InChI=1S/C25H24N8O2/c1-16-14-20(29-21-15-17(2)32-33-21)30-24(22(16)26-3)28-12-13-35-19-10-7-11-27-23(19)31-25(34)18-8-5-4-6-9-18/h4-11,14-15H,12-13H2,1-2H3,(H,27,31,34)(H3,28,29,30,32,33). The van der Waals surface area contributed by atoms with Crippen molar-refractivity contribution in [2.75, 3.05) is 29.1 Å². The Bertz CT molecular complexity index is 1360. The molecule has 0 saturated carbocycles. The van der Waals surface area contributed by atoms with Crippen molar-refractivity contribution in [3.05, 3.63) is 89.0 Å². The highest BCUT2D eigenvalue weighted by molar-refractivity contribution is 6.04. The number of ether oxygens (including phenoxy) is 1. The second-order valence-electron chi connectivity index (χ2n) is 7.64. The van der Waals surface area contributed by atoms with Crippen molar-refractivity contribution in [2.45, 2.75) is 13.8 Å². The van der Waals surface area contributed by atoms with Crippen LogP contribution in [0.1, 0.15) is 21.6 Å². The van der Waals surface area contributed by atoms with E-state index in [1.165, 1.54) is 0 Å². The Kier molecular flexibility index (Phi) is 7.18. The van der Waals surface area contributed by atoms with Crippen LogP contribution in [-0.4, -0.2) is 39.2 Å². The van der Waals surface area contributed by atoms with E-state index in [0.29, 0.717) is 46.8 Å². The van der Waals surface area contributed by atoms with Crippen LogP contribution in [0.5, 0.6) is 5.75 Å². The van der Waals surface area contributed by atoms with Gasteiger partial charge in [0.05, 0.1) is 6.57 Å². The molecule has 0 atom stereocenters. The van der Waals surface area contributed by atoms with Gasteiger partial charge in [-0.1, -0.05) is 18.2 Å². The van der Waals surface area contributed by atoms with Gasteiger partial charge in [-0.25, -0.2) is 14.8 Å². The van der Waals surface area contributed by atoms with Gasteiger partial charge in [-0.3, -0.25) is 9.89 Å². The molecule has 0 aliphatic carbocycles. The van der Waals surface area contributed by atoms with Gasteiger partial charge < -0.3 is 20.7 Å². The summed E-state index contributed by atoms with van der Waals surface area (Å²) in [6, 6.07) is 16.0. The molecule has 0 unspecified atom stereocenters. The Hall–Kier alpha value is -4.91. The summed E-state index contributed by atoms with van der Waals surface area (Å²) in [4.78, 5) is 24.8. The van der Waals surface area contributed by atoms with E-state index in [1.54, 1.807) is 48.7 Å². The lowest BCUT2D eigenvalue weighted by atomic mass is 10.2. The first kappa shape index (κ1) is 23.3. The summed E-state index contributed by atoms with van der Waals surface area (Å²) >= 11 is 0. The zero-order valence-corrected chi connectivity index (χ0v) is 19.3. The lowest BCUT2D eigenvalue weighted by Gasteiger charge is -2.14. The molecule has 0 radical (unpaired) electrons. The molecule has 0 fully saturated rings. The largest absolute Gasteiger partial charge is 0.488 e. The minimum Gasteiger partial charge on any atom is -0.488 e. The number of carbonyl (C=O) groups excluding carboxylic acids is 1. The van der Waals surface area contributed by atoms with Crippen LogP contribution in [0.2, 0.25) is 0 Å². The average Bonchev–Trinajstić information content (AvgIpc) is 3.27. The maximum absolute atomic E-state index is 12.5. The van der Waals surface area contributed by atoms with Gasteiger partial charge in [0.15, 0.2) is 17.4 Å². The molecule has 4 aromatic rings. The number of nitrogens with zero attached hydrogens (tertiary/aromatic N) is 4. The molecule has 10 nitrogen and oxygen atoms in total. The number of aromatic nitrogens is 4. The fraction of sp³-hybridized carbons (Fsp3) is 0.160. The third kappa shape index (κ3) is 5.91. The summed E-state index contributed by atoms with van der Waals surface area (Å²) in [6.45, 7) is 11.9. The first-order valence-electron chi connectivity index (χ1n) is 10.9. The lowest BCUT2D eigenvalue weighted by molar-refractivity contribution is 0.102. The second-order valence-corrected chi connectivity index (χ2v) is 7.64. The summed E-state index contributed by atoms with van der Waals surface area (Å²) in [7, 11) is 0. The molecule has 0 saturated heterocycles. The SMILES string of the molecule is [C-]#[N+]c1c(C)cc(Nc2cc(C)[nH]n2)nc1NCCOc1cccnc1NC(=O)c1ccccc1. The number of hydrogen-bond acceptors (Lipinski definition) is 7. The van der Waals surface area contributed by atoms with E-state index in [9.17, 15) is 4.79 Å². The maximum atomic E-state index is 12.5. The molecule has 10 heteroatoms. The van der Waals surface area contributed by atoms with Gasteiger partial charge in [-0.2, -0.15) is 5.10 Å². The summed E-state index contributed by atoms with van der Waals surface area (Å²) in [5.74, 6) is 2.16. The molecule has 4 rings (SSSR count). The van der Waals surface area contributed by atoms with Crippen molar-refractivity contribution in [3.63, 3.8) is 0 Å². The molecule has 35 heavy (non-hydrogen) atoms. The van der Waals surface area contributed by atoms with E-state index in [1.807, 2.05) is 26.0 Å². The number of benzene rings is 1. The van der Waals surface area contributed by atoms with Crippen LogP contribution in [0, 0.1) is 20.4 Å². The van der Waals surface area contributed by atoms with E-state index in [-0.39, 0.29) is 12.5 Å². The minimum atomic E-state index is -0.273. The van der Waals surface area contributed by atoms with E-state index in [4.69, 9.17) is 11.3 Å². The molecule has 0 aliphatic heterocycles. The maximum Gasteiger partial charge on any atom is 0.256 e. The molecular weight excluding hydrogens is 444 g/mol. The number of hydrogen-bond donors (Lipinski definition) is 4. The van der Waals surface area contributed by atoms with E-state index >= 15 is 0 Å². The quantitative estimate of drug-likeness (QED) is 0.205. The van der Waals surface area contributed by atoms with Crippen LogP contribution in [0.15, 0.2) is 60.8 Å². The number of carbonyl (C=O) groups is 1. The Balaban J connectivity index is 1.39. The summed E-state index contributed by atoms with van der Waals surface area (Å²) in [5.41, 5.74) is 2.67. The van der Waals surface area contributed by atoms with Crippen LogP contribution in [-0.2, 0) is 0 Å². The Labute approximate surface area is 202 Å². The highest BCUT2D eigenvalue weighted by atomic mass is 16.5. The molecule has 4 N–H and O–H groups in total. The van der Waals surface area contributed by atoms with Crippen LogP contribution in [0.3, 0.4) is 0 Å². The third-order valence-electron chi connectivity index (χ3n) is 4.95. The number of anilines is 4. The van der Waals surface area contributed by atoms with E-state index in [0.717, 1.165) is 11.3 Å². The second kappa shape index (κ2) is 10.8. The normalized spacial score (nSPS) is 10.3. The first-order valence-corrected chi connectivity index (χ1v) is 10.9. The molecule has 0 spiro atoms. The summed E-state index contributed by atoms with van der Waals surface area (Å²) < 4.78 is 5.85. The molecule has 1 aromatic carbocycles. The van der Waals surface area contributed by atoms with E-state index < -0.39 is 0 Å². The third-order valence-corrected chi connectivity index (χ3v) is 4.95. The monoisotopic (exact) mass is 468 g/mol. The summed E-state index contributed by atoms with van der Waals surface area (Å²) in [5, 5.41) is 16.1. The lowest BCUT2D eigenvalue weighted by Crippen LogP contribution is -2.16. The molecule has 176 valence electrons. The van der Waals surface area contributed by atoms with Gasteiger partial charge in [-0.05, 0) is 49.7 Å². The van der Waals surface area contributed by atoms with E-state index in [2.05, 4.69) is 41.0 Å². The number of nitrogens with one attached hydrogen (secondary N) is 4. The van der Waals surface area contributed by atoms with Crippen molar-refractivity contribution in [2.24, 2.45) is 0 Å². The van der Waals surface area contributed by atoms with Crippen LogP contribution < -0.4 is 20.7 Å². The Morgan fingerprint density at radius 3 is 2.66 bits per heavy atom. The Morgan fingerprint density at radius 2 is 1.91 bits per heavy atom. The zero-order chi connectivity index (χ0) is 24.6. The van der Waals surface area contributed by atoms with Crippen molar-refractivity contribution < 1.29 is 9.53 Å². The van der Waals surface area contributed by atoms with Crippen molar-refractivity contribution in [3.8, 4) is 5.75 Å². The van der Waals surface area contributed by atoms with Crippen LogP contribution in [0.25, 0.3) is 4.85 Å². The van der Waals surface area contributed by atoms with Gasteiger partial charge in [0, 0.05) is 30.1 Å². The molecular formula is C25H24N8O2. The van der Waals surface area contributed by atoms with Crippen LogP contribution >= 0.6 is 0 Å². The number of aryl methyl sites for hydroxylation is 2. The predicted molar refractivity (Wildman–Crippen MR) is 134 cm³/mol. The smallest absolute Gasteiger partial charge is 0.256 e. The predicted octanol–water partition coefficient (Wildman–Crippen LogP) is 4.85. The van der Waals surface area contributed by atoms with Crippen molar-refractivity contribution in [1.29, 1.82) is 0 Å². The molecule has 0 aliphatic rings. The number of pyridine rings is 2. The van der Waals surface area contributed by atoms with Gasteiger partial charge in [0.2, 0.25) is 5.69 Å². The van der Waals surface area contributed by atoms with Crippen molar-refractivity contribution >= 4 is 34.9 Å². The topological polar surface area (TPSA) is 121 Å². The molecule has 1 amide bonds. The average molecular weight is 469 g/mol. The van der Waals surface area contributed by atoms with Crippen LogP contribution in [0.4, 0.5) is 29.0 Å². The molecule has 3 aromatic heterocycles. The highest BCUT2D eigenvalue weighted by Crippen LogP contribution is 2.30. The summed E-state index contributed by atoms with van der Waals surface area (Å²) in [6.07, 6.45) is 1.58. The fourth-order valence-electron chi connectivity index (χ4n) is 3.31. The first-order chi connectivity index (χ1) is 17.0. The fourth-order valence-corrected chi connectivity index (χ4v) is 3.31.